The van der Waals surface area contributed by atoms with Crippen LogP contribution in [0.15, 0.2) is 65.7 Å². The van der Waals surface area contributed by atoms with Crippen LogP contribution in [0, 0.1) is 0 Å². The lowest BCUT2D eigenvalue weighted by Gasteiger charge is -2.04. The topological polar surface area (TPSA) is 21.6 Å². The Balaban J connectivity index is 1.67. The van der Waals surface area contributed by atoms with Crippen molar-refractivity contribution in [3.8, 4) is 5.75 Å². The van der Waals surface area contributed by atoms with Crippen LogP contribution in [-0.2, 0) is 6.42 Å². The molecule has 0 radical (unpaired) electrons. The molecule has 0 aliphatic carbocycles. The second-order valence-corrected chi connectivity index (χ2v) is 5.87. The first-order valence-corrected chi connectivity index (χ1v) is 8.63. The van der Waals surface area contributed by atoms with Crippen LogP contribution >= 0.6 is 0 Å². The molecule has 0 spiro atoms. The number of aryl methyl sites for hydroxylation is 1. The largest absolute Gasteiger partial charge is 0.497 e. The summed E-state index contributed by atoms with van der Waals surface area (Å²) in [5, 5.41) is 0. The normalized spacial score (nSPS) is 11.8. The molecule has 0 amide bonds. The predicted octanol–water partition coefficient (Wildman–Crippen LogP) is 5.58. The van der Waals surface area contributed by atoms with Crippen LogP contribution in [0.5, 0.6) is 5.75 Å². The summed E-state index contributed by atoms with van der Waals surface area (Å²) in [6, 6.07) is 18.7. The molecule has 0 atom stereocenters. The Bertz CT molecular complexity index is 641. The number of ether oxygens (including phenoxy) is 1. The molecule has 0 aliphatic rings. The molecular weight excluding hydrogens is 294 g/mol. The molecule has 2 heteroatoms. The van der Waals surface area contributed by atoms with E-state index in [-0.39, 0.29) is 0 Å². The van der Waals surface area contributed by atoms with Gasteiger partial charge < -0.3 is 4.74 Å². The molecule has 0 N–H and O–H groups in total. The van der Waals surface area contributed by atoms with E-state index in [1.54, 1.807) is 7.11 Å². The van der Waals surface area contributed by atoms with E-state index in [2.05, 4.69) is 53.5 Å². The first kappa shape index (κ1) is 18.0. The third kappa shape index (κ3) is 6.41. The Morgan fingerprint density at radius 3 is 2.38 bits per heavy atom. The van der Waals surface area contributed by atoms with Crippen molar-refractivity contribution in [3.05, 3.63) is 71.8 Å². The average molecular weight is 321 g/mol. The van der Waals surface area contributed by atoms with Crippen molar-refractivity contribution in [2.24, 2.45) is 4.99 Å². The minimum absolute atomic E-state index is 0.924. The number of methoxy groups -OCH3 is 1. The maximum Gasteiger partial charge on any atom is 0.118 e. The third-order valence-corrected chi connectivity index (χ3v) is 4.11. The third-order valence-electron chi connectivity index (χ3n) is 4.11. The summed E-state index contributed by atoms with van der Waals surface area (Å²) < 4.78 is 5.19. The molecule has 0 aliphatic heterocycles. The zero-order valence-corrected chi connectivity index (χ0v) is 14.7. The molecule has 2 nitrogen and oxygen atoms in total. The summed E-state index contributed by atoms with van der Waals surface area (Å²) in [6.45, 7) is 0. The molecule has 24 heavy (non-hydrogen) atoms. The number of nitrogens with zero attached hydrogens (tertiary/aromatic N) is 1. The summed E-state index contributed by atoms with van der Waals surface area (Å²) >= 11 is 0. The van der Waals surface area contributed by atoms with E-state index in [0.29, 0.717) is 0 Å². The summed E-state index contributed by atoms with van der Waals surface area (Å²) in [7, 11) is 3.58. The van der Waals surface area contributed by atoms with Crippen LogP contribution in [0.1, 0.15) is 36.8 Å². The minimum Gasteiger partial charge on any atom is -0.497 e. The van der Waals surface area contributed by atoms with Crippen molar-refractivity contribution in [3.63, 3.8) is 0 Å². The molecule has 0 aromatic heterocycles. The number of aliphatic imine (C=N–C) groups is 1. The molecule has 2 aromatic rings. The van der Waals surface area contributed by atoms with Crippen molar-refractivity contribution >= 4 is 11.8 Å². The fraction of sp³-hybridized carbons (Fsp3) is 0.318. The first-order valence-electron chi connectivity index (χ1n) is 8.63. The van der Waals surface area contributed by atoms with E-state index in [1.807, 2.05) is 25.2 Å². The molecule has 0 heterocycles. The van der Waals surface area contributed by atoms with Crippen molar-refractivity contribution in [2.45, 2.75) is 32.1 Å². The smallest absolute Gasteiger partial charge is 0.118 e. The predicted molar refractivity (Wildman–Crippen MR) is 104 cm³/mol. The van der Waals surface area contributed by atoms with Crippen LogP contribution in [-0.4, -0.2) is 19.9 Å². The molecule has 0 saturated carbocycles. The monoisotopic (exact) mass is 321 g/mol. The summed E-state index contributed by atoms with van der Waals surface area (Å²) in [5.74, 6) is 0.924. The number of benzene rings is 2. The van der Waals surface area contributed by atoms with E-state index in [1.165, 1.54) is 36.1 Å². The van der Waals surface area contributed by atoms with Crippen LogP contribution < -0.4 is 4.74 Å². The maximum atomic E-state index is 5.19. The highest BCUT2D eigenvalue weighted by atomic mass is 16.5. The van der Waals surface area contributed by atoms with Gasteiger partial charge in [-0.1, -0.05) is 55.0 Å². The lowest BCUT2D eigenvalue weighted by atomic mass is 10.0. The molecule has 2 aromatic carbocycles. The number of rotatable bonds is 9. The summed E-state index contributed by atoms with van der Waals surface area (Å²) in [5.41, 5.74) is 3.77. The highest BCUT2D eigenvalue weighted by Gasteiger charge is 1.98. The fourth-order valence-corrected chi connectivity index (χ4v) is 2.63. The van der Waals surface area contributed by atoms with Gasteiger partial charge in [0.2, 0.25) is 0 Å². The Morgan fingerprint density at radius 1 is 0.958 bits per heavy atom. The second-order valence-electron chi connectivity index (χ2n) is 5.87. The Hall–Kier alpha value is -2.35. The van der Waals surface area contributed by atoms with Crippen LogP contribution in [0.2, 0.25) is 0 Å². The van der Waals surface area contributed by atoms with Gasteiger partial charge in [0.15, 0.2) is 0 Å². The van der Waals surface area contributed by atoms with E-state index in [0.717, 1.165) is 18.6 Å². The number of unbranched alkanes of at least 4 members (excludes halogenated alkanes) is 2. The molecule has 0 fully saturated rings. The van der Waals surface area contributed by atoms with Crippen molar-refractivity contribution < 1.29 is 4.74 Å². The number of hydrogen-bond donors (Lipinski definition) is 0. The summed E-state index contributed by atoms with van der Waals surface area (Å²) in [4.78, 5) is 4.39. The Labute approximate surface area is 145 Å². The Kier molecular flexibility index (Phi) is 7.82. The van der Waals surface area contributed by atoms with Crippen molar-refractivity contribution in [1.82, 2.24) is 0 Å². The van der Waals surface area contributed by atoms with E-state index >= 15 is 0 Å². The standard InChI is InChI=1S/C22H27NO/c1-23-21(16-13-19-9-5-3-6-10-19)12-8-4-7-11-20-14-17-22(24-2)18-15-20/h3,5-6,9-10,13-18H,4,7-8,11-12H2,1-2H3/b16-13+,23-21?. The second kappa shape index (κ2) is 10.4. The fourth-order valence-electron chi connectivity index (χ4n) is 2.63. The van der Waals surface area contributed by atoms with E-state index < -0.39 is 0 Å². The lowest BCUT2D eigenvalue weighted by Crippen LogP contribution is -1.94. The molecule has 126 valence electrons. The number of allylic oxidation sites excluding steroid dienone is 1. The zero-order valence-electron chi connectivity index (χ0n) is 14.7. The van der Waals surface area contributed by atoms with Gasteiger partial charge in [-0.15, -0.1) is 0 Å². The van der Waals surface area contributed by atoms with Gasteiger partial charge in [-0.05, 0) is 55.0 Å². The average Bonchev–Trinajstić information content (AvgIpc) is 2.65. The van der Waals surface area contributed by atoms with Crippen molar-refractivity contribution in [2.75, 3.05) is 14.2 Å². The lowest BCUT2D eigenvalue weighted by molar-refractivity contribution is 0.414. The van der Waals surface area contributed by atoms with Gasteiger partial charge in [0.05, 0.1) is 7.11 Å². The van der Waals surface area contributed by atoms with Gasteiger partial charge in [-0.2, -0.15) is 0 Å². The van der Waals surface area contributed by atoms with E-state index in [9.17, 15) is 0 Å². The van der Waals surface area contributed by atoms with Gasteiger partial charge in [-0.3, -0.25) is 4.99 Å². The van der Waals surface area contributed by atoms with Crippen LogP contribution in [0.3, 0.4) is 0 Å². The number of hydrogen-bond acceptors (Lipinski definition) is 2. The van der Waals surface area contributed by atoms with Gasteiger partial charge in [-0.25, -0.2) is 0 Å². The minimum atomic E-state index is 0.924. The Morgan fingerprint density at radius 2 is 1.71 bits per heavy atom. The molecule has 0 saturated heterocycles. The molecule has 0 bridgehead atoms. The molecule has 0 unspecified atom stereocenters. The quantitative estimate of drug-likeness (QED) is 0.436. The maximum absolute atomic E-state index is 5.19. The SMILES string of the molecule is CN=C(/C=C/c1ccccc1)CCCCCc1ccc(OC)cc1. The van der Waals surface area contributed by atoms with Crippen molar-refractivity contribution in [1.29, 1.82) is 0 Å². The highest BCUT2D eigenvalue weighted by molar-refractivity contribution is 5.98. The van der Waals surface area contributed by atoms with Gasteiger partial charge in [0.25, 0.3) is 0 Å². The zero-order chi connectivity index (χ0) is 17.0. The molecule has 2 rings (SSSR count). The summed E-state index contributed by atoms with van der Waals surface area (Å²) in [6.07, 6.45) is 10.1. The van der Waals surface area contributed by atoms with Crippen LogP contribution in [0.25, 0.3) is 6.08 Å². The van der Waals surface area contributed by atoms with E-state index in [4.69, 9.17) is 4.74 Å². The van der Waals surface area contributed by atoms with Gasteiger partial charge >= 0.3 is 0 Å². The van der Waals surface area contributed by atoms with Crippen LogP contribution in [0.4, 0.5) is 0 Å². The highest BCUT2D eigenvalue weighted by Crippen LogP contribution is 2.14. The van der Waals surface area contributed by atoms with Gasteiger partial charge in [0.1, 0.15) is 5.75 Å². The first-order chi connectivity index (χ1) is 11.8. The van der Waals surface area contributed by atoms with Gasteiger partial charge in [0, 0.05) is 12.8 Å². The molecular formula is C22H27NO.